The molecule has 0 aliphatic carbocycles. The number of para-hydroxylation sites is 3. The minimum atomic E-state index is -1.96. The summed E-state index contributed by atoms with van der Waals surface area (Å²) in [6.45, 7) is 8.25. The van der Waals surface area contributed by atoms with Crippen molar-refractivity contribution in [2.45, 2.75) is 33.1 Å². The van der Waals surface area contributed by atoms with Crippen LogP contribution in [0.15, 0.2) is 241 Å². The Balaban J connectivity index is 0.0000000895. The van der Waals surface area contributed by atoms with Gasteiger partial charge in [-0.25, -0.2) is 0 Å². The van der Waals surface area contributed by atoms with Gasteiger partial charge in [0.2, 0.25) is 13.4 Å². The molecule has 3 aromatic heterocycles. The van der Waals surface area contributed by atoms with Crippen LogP contribution < -0.4 is 54.5 Å². The fraction of sp³-hybridized carbons (Fsp3) is 0.0649. The van der Waals surface area contributed by atoms with E-state index in [-0.39, 0.29) is 14.4 Å². The van der Waals surface area contributed by atoms with E-state index in [1.54, 1.807) is 16.2 Å². The van der Waals surface area contributed by atoms with Crippen LogP contribution in [0.25, 0.3) is 82.5 Å². The number of hydrogen-bond acceptors (Lipinski definition) is 1. The molecule has 4 nitrogen and oxygen atoms in total. The van der Waals surface area contributed by atoms with E-state index in [1.807, 2.05) is 0 Å². The van der Waals surface area contributed by atoms with Crippen molar-refractivity contribution in [3.63, 3.8) is 0 Å². The monoisotopic (exact) mass is 1200 g/mol. The second-order valence-corrected chi connectivity index (χ2v) is 38.1. The molecule has 12 aromatic carbocycles. The van der Waals surface area contributed by atoms with Gasteiger partial charge in [-0.15, -0.1) is 0 Å². The molecule has 13 heterocycles. The zero-order valence-corrected chi connectivity index (χ0v) is 53.7. The zero-order valence-electron chi connectivity index (χ0n) is 51.9. The number of nitrogens with zero attached hydrogens (tertiary/aromatic N) is 4. The molecular formula is C77H55B9N4P2-. The Hall–Kier alpha value is -8.85. The summed E-state index contributed by atoms with van der Waals surface area (Å²) in [7, 11) is 0.540. The van der Waals surface area contributed by atoms with E-state index in [0.717, 1.165) is 37.9 Å². The minimum absolute atomic E-state index is 0.0890. The van der Waals surface area contributed by atoms with E-state index in [9.17, 15) is 0 Å². The molecule has 1 radical (unpaired) electrons. The van der Waals surface area contributed by atoms with Crippen molar-refractivity contribution in [3.8, 4) is 17.1 Å². The zero-order chi connectivity index (χ0) is 59.8. The second kappa shape index (κ2) is 17.4. The van der Waals surface area contributed by atoms with E-state index in [2.05, 4.69) is 271 Å². The van der Waals surface area contributed by atoms with Crippen LogP contribution in [0.5, 0.6) is 0 Å². The molecule has 15 heteroatoms. The topological polar surface area (TPSA) is 27.1 Å². The molecule has 0 unspecified atom stereocenters. The summed E-state index contributed by atoms with van der Waals surface area (Å²) in [4.78, 5) is 0. The van der Waals surface area contributed by atoms with Crippen LogP contribution in [0.2, 0.25) is 0 Å². The fourth-order valence-electron chi connectivity index (χ4n) is 20.0. The number of aryl methyl sites for hydroxylation is 2. The summed E-state index contributed by atoms with van der Waals surface area (Å²) in [5.74, 6) is 0. The van der Waals surface area contributed by atoms with Gasteiger partial charge in [0.25, 0.3) is 0 Å². The van der Waals surface area contributed by atoms with Crippen LogP contribution in [0.1, 0.15) is 44.5 Å². The van der Waals surface area contributed by atoms with Crippen LogP contribution >= 0.6 is 13.9 Å². The first-order valence-electron chi connectivity index (χ1n) is 34.2. The van der Waals surface area contributed by atoms with Crippen molar-refractivity contribution >= 4 is 193 Å². The molecule has 0 spiro atoms. The van der Waals surface area contributed by atoms with Crippen molar-refractivity contribution in [1.29, 1.82) is 0 Å². The first kappa shape index (κ1) is 50.8. The number of fused-ring (bicyclic) bond motifs is 26. The molecule has 0 amide bonds. The summed E-state index contributed by atoms with van der Waals surface area (Å²) in [5.41, 5.74) is 37.3. The van der Waals surface area contributed by atoms with Gasteiger partial charge in [-0.2, -0.15) is 0 Å². The van der Waals surface area contributed by atoms with Crippen molar-refractivity contribution < 1.29 is 0 Å². The maximum absolute atomic E-state index is 5.92. The number of hydrogen-bond donors (Lipinski definition) is 0. The van der Waals surface area contributed by atoms with Crippen LogP contribution in [0.3, 0.4) is 0 Å². The summed E-state index contributed by atoms with van der Waals surface area (Å²) >= 11 is 0. The Morgan fingerprint density at radius 2 is 0.815 bits per heavy atom. The first-order chi connectivity index (χ1) is 45.4. The molecule has 421 valence electrons. The first-order valence-corrected chi connectivity index (χ1v) is 38.4. The van der Waals surface area contributed by atoms with Crippen molar-refractivity contribution in [3.05, 3.63) is 281 Å². The van der Waals surface area contributed by atoms with Crippen molar-refractivity contribution in [2.24, 2.45) is 4.52 Å². The van der Waals surface area contributed by atoms with Crippen molar-refractivity contribution in [2.75, 3.05) is 0 Å². The average molecular weight is 1200 g/mol. The van der Waals surface area contributed by atoms with E-state index >= 15 is 0 Å². The normalized spacial score (nSPS) is 17.0. The molecule has 92 heavy (non-hydrogen) atoms. The van der Waals surface area contributed by atoms with Gasteiger partial charge < -0.3 is 9.13 Å². The van der Waals surface area contributed by atoms with E-state index in [4.69, 9.17) is 4.52 Å². The number of aromatic nitrogens is 3. The van der Waals surface area contributed by atoms with E-state index < -0.39 is 6.39 Å². The second-order valence-electron chi connectivity index (χ2n) is 29.5. The molecule has 0 atom stereocenters. The summed E-state index contributed by atoms with van der Waals surface area (Å²) in [6, 6.07) is 89.9. The van der Waals surface area contributed by atoms with Gasteiger partial charge in [-0.1, -0.05) is 144 Å². The van der Waals surface area contributed by atoms with Gasteiger partial charge in [0.15, 0.2) is 0 Å². The molecule has 10 aliphatic heterocycles. The molecule has 0 N–H and O–H groups in total. The Bertz CT molecular complexity index is 5990. The van der Waals surface area contributed by atoms with Gasteiger partial charge in [0.1, 0.15) is 0 Å². The molecule has 25 rings (SSSR count). The molecule has 15 aromatic rings. The van der Waals surface area contributed by atoms with Crippen molar-refractivity contribution in [1.82, 2.24) is 13.7 Å². The van der Waals surface area contributed by atoms with Gasteiger partial charge in [-0.05, 0) is 107 Å². The van der Waals surface area contributed by atoms with E-state index in [1.165, 1.54) is 165 Å². The van der Waals surface area contributed by atoms with Crippen LogP contribution in [-0.4, -0.2) is 73.3 Å². The predicted molar refractivity (Wildman–Crippen MR) is 410 cm³/mol. The third-order valence-electron chi connectivity index (χ3n) is 24.8. The Kier molecular flexibility index (Phi) is 9.62. The average Bonchev–Trinajstić information content (AvgIpc) is 1.42. The van der Waals surface area contributed by atoms with Gasteiger partial charge >= 0.3 is 215 Å². The Morgan fingerprint density at radius 1 is 0.391 bits per heavy atom. The summed E-state index contributed by atoms with van der Waals surface area (Å²) in [5, 5.41) is 10.3. The predicted octanol–water partition coefficient (Wildman–Crippen LogP) is 8.89. The van der Waals surface area contributed by atoms with Crippen LogP contribution in [-0.2, 0) is 19.3 Å². The Labute approximate surface area is 539 Å². The Morgan fingerprint density at radius 3 is 1.33 bits per heavy atom. The number of rotatable bonds is 2. The third-order valence-corrected chi connectivity index (χ3v) is 36.2. The summed E-state index contributed by atoms with van der Waals surface area (Å²) < 4.78 is 13.6. The third kappa shape index (κ3) is 6.37. The van der Waals surface area contributed by atoms with Gasteiger partial charge in [0.05, 0.1) is 11.0 Å². The SMILES string of the molecule is Cc1ccc2c(c1)c1ccc3c4c1n2-c1ccccc1B4c1ccccc1C3.Cc1ccc2c3ccc4c5c3n(c2c1)-c1ccccc1B5c1ccccc1C4.[B]1B2[BH2-]P12(N=[P+]1B2[BH2-]B21)c1cccc2c1c1ccc3c4c1n2-c1ccccc1B4c1ccccc1C3. The molecule has 4 fully saturated rings. The van der Waals surface area contributed by atoms with E-state index in [0.29, 0.717) is 27.2 Å². The van der Waals surface area contributed by atoms with Gasteiger partial charge in [0, 0.05) is 44.0 Å². The summed E-state index contributed by atoms with van der Waals surface area (Å²) in [6.07, 6.45) is 4.39. The van der Waals surface area contributed by atoms with Gasteiger partial charge in [-0.3, -0.25) is 0 Å². The number of benzene rings is 12. The van der Waals surface area contributed by atoms with Crippen LogP contribution in [0, 0.1) is 13.8 Å². The molecular weight excluding hydrogens is 1140 g/mol. The molecule has 0 saturated carbocycles. The maximum atomic E-state index is 5.92. The molecule has 4 saturated heterocycles. The fourth-order valence-corrected chi connectivity index (χ4v) is 32.8. The quantitative estimate of drug-likeness (QED) is 0.122. The van der Waals surface area contributed by atoms with Crippen LogP contribution in [0.4, 0.5) is 0 Å². The standard InChI is InChI=1S/2C26H18BN.C25H19B7N2P2/c1-16-10-13-23-20(14-16)19-12-11-18-15-17-6-2-3-7-21(17)27-22-8-4-5-9-24(22)28(23)26(19)25(18)27;1-16-10-12-19-20-13-11-18-15-17-6-2-3-7-21(17)27-22-8-4-5-9-23(22)28(24(19)14-16)26(20)25(18)27;1-2-7-18-15(6-1)14-16-12-13-17-23-21(34-20-9-4-3-8-19(20)29(18)24(16)25(17)34)10-5-11-22(23)36(27-30(36)28-36)33-35-31-26-32(31)35/h2*2-14H,15H2,1H3;1-13H,14,26-27H2/q;;-1. The molecule has 10 aliphatic rings. The molecule has 0 bridgehead atoms.